The topological polar surface area (TPSA) is 23.5 Å². The molecule has 1 aliphatic rings. The van der Waals surface area contributed by atoms with Crippen LogP contribution in [-0.4, -0.2) is 41.6 Å². The maximum absolute atomic E-state index is 9.95. The number of likely N-dealkylation sites (N-methyl/N-ethyl adjacent to an activating group) is 1. The summed E-state index contributed by atoms with van der Waals surface area (Å²) in [6, 6.07) is 0.386. The lowest BCUT2D eigenvalue weighted by molar-refractivity contribution is 0.0302. The standard InChI is InChI=1S/C13H26ClNO/c1-11(7-9-14)8-10-15(2)12-5-3-4-6-13(12)16/h11-13,16H,3-10H2,1-2H3. The van der Waals surface area contributed by atoms with E-state index in [-0.39, 0.29) is 6.10 Å². The van der Waals surface area contributed by atoms with Crippen LogP contribution in [0.25, 0.3) is 0 Å². The maximum atomic E-state index is 9.95. The van der Waals surface area contributed by atoms with Crippen molar-refractivity contribution < 1.29 is 5.11 Å². The Hall–Kier alpha value is 0.210. The van der Waals surface area contributed by atoms with Crippen molar-refractivity contribution in [3.63, 3.8) is 0 Å². The van der Waals surface area contributed by atoms with E-state index in [4.69, 9.17) is 11.6 Å². The molecule has 0 radical (unpaired) electrons. The number of nitrogens with zero attached hydrogens (tertiary/aromatic N) is 1. The van der Waals surface area contributed by atoms with Gasteiger partial charge in [0.1, 0.15) is 0 Å². The van der Waals surface area contributed by atoms with Gasteiger partial charge in [0.2, 0.25) is 0 Å². The van der Waals surface area contributed by atoms with Gasteiger partial charge in [-0.2, -0.15) is 0 Å². The highest BCUT2D eigenvalue weighted by molar-refractivity contribution is 6.17. The summed E-state index contributed by atoms with van der Waals surface area (Å²) < 4.78 is 0. The van der Waals surface area contributed by atoms with Crippen molar-refractivity contribution in [1.82, 2.24) is 4.90 Å². The molecule has 3 atom stereocenters. The molecule has 2 nitrogen and oxygen atoms in total. The summed E-state index contributed by atoms with van der Waals surface area (Å²) in [5.41, 5.74) is 0. The smallest absolute Gasteiger partial charge is 0.0695 e. The third-order valence-electron chi connectivity index (χ3n) is 3.84. The minimum Gasteiger partial charge on any atom is -0.391 e. The normalized spacial score (nSPS) is 28.3. The van der Waals surface area contributed by atoms with E-state index in [1.165, 1.54) is 19.3 Å². The van der Waals surface area contributed by atoms with Gasteiger partial charge in [-0.3, -0.25) is 0 Å². The second kappa shape index (κ2) is 7.52. The number of halogens is 1. The summed E-state index contributed by atoms with van der Waals surface area (Å²) >= 11 is 5.73. The van der Waals surface area contributed by atoms with Crippen molar-refractivity contribution in [3.05, 3.63) is 0 Å². The lowest BCUT2D eigenvalue weighted by Crippen LogP contribution is -2.43. The van der Waals surface area contributed by atoms with Crippen LogP contribution in [0.3, 0.4) is 0 Å². The number of aliphatic hydroxyl groups is 1. The Morgan fingerprint density at radius 1 is 1.31 bits per heavy atom. The molecule has 1 fully saturated rings. The molecule has 0 saturated heterocycles. The summed E-state index contributed by atoms with van der Waals surface area (Å²) in [7, 11) is 2.15. The number of aliphatic hydroxyl groups excluding tert-OH is 1. The van der Waals surface area contributed by atoms with Crippen molar-refractivity contribution in [3.8, 4) is 0 Å². The first kappa shape index (κ1) is 14.3. The predicted octanol–water partition coefficient (Wildman–Crippen LogP) is 2.88. The van der Waals surface area contributed by atoms with E-state index in [2.05, 4.69) is 18.9 Å². The maximum Gasteiger partial charge on any atom is 0.0695 e. The fourth-order valence-electron chi connectivity index (χ4n) is 2.53. The van der Waals surface area contributed by atoms with Crippen LogP contribution in [0.1, 0.15) is 45.4 Å². The van der Waals surface area contributed by atoms with Gasteiger partial charge in [0.15, 0.2) is 0 Å². The summed E-state index contributed by atoms with van der Waals surface area (Å²) in [5.74, 6) is 1.46. The minimum absolute atomic E-state index is 0.109. The highest BCUT2D eigenvalue weighted by Gasteiger charge is 2.26. The average molecular weight is 248 g/mol. The van der Waals surface area contributed by atoms with Crippen LogP contribution in [0.2, 0.25) is 0 Å². The Labute approximate surface area is 105 Å². The zero-order chi connectivity index (χ0) is 12.0. The molecule has 0 amide bonds. The Kier molecular flexibility index (Phi) is 6.71. The quantitative estimate of drug-likeness (QED) is 0.730. The number of hydrogen-bond donors (Lipinski definition) is 1. The van der Waals surface area contributed by atoms with E-state index >= 15 is 0 Å². The molecule has 1 saturated carbocycles. The zero-order valence-corrected chi connectivity index (χ0v) is 11.4. The van der Waals surface area contributed by atoms with Crippen LogP contribution in [0.4, 0.5) is 0 Å². The molecule has 0 aromatic carbocycles. The van der Waals surface area contributed by atoms with Crippen LogP contribution in [-0.2, 0) is 0 Å². The van der Waals surface area contributed by atoms with Gasteiger partial charge in [0.25, 0.3) is 0 Å². The fraction of sp³-hybridized carbons (Fsp3) is 1.00. The molecule has 0 spiro atoms. The van der Waals surface area contributed by atoms with Gasteiger partial charge in [-0.05, 0) is 45.2 Å². The van der Waals surface area contributed by atoms with Gasteiger partial charge in [0, 0.05) is 11.9 Å². The van der Waals surface area contributed by atoms with Crippen molar-refractivity contribution in [2.45, 2.75) is 57.6 Å². The van der Waals surface area contributed by atoms with Gasteiger partial charge < -0.3 is 10.0 Å². The van der Waals surface area contributed by atoms with Gasteiger partial charge in [-0.25, -0.2) is 0 Å². The molecule has 96 valence electrons. The fourth-order valence-corrected chi connectivity index (χ4v) is 2.90. The van der Waals surface area contributed by atoms with E-state index < -0.39 is 0 Å². The van der Waals surface area contributed by atoms with Gasteiger partial charge in [-0.1, -0.05) is 19.8 Å². The van der Waals surface area contributed by atoms with E-state index in [9.17, 15) is 5.11 Å². The second-order valence-corrected chi connectivity index (χ2v) is 5.65. The molecule has 0 heterocycles. The Morgan fingerprint density at radius 2 is 2.00 bits per heavy atom. The molecular weight excluding hydrogens is 222 g/mol. The summed E-state index contributed by atoms with van der Waals surface area (Å²) in [5, 5.41) is 9.95. The predicted molar refractivity (Wildman–Crippen MR) is 70.0 cm³/mol. The molecule has 1 rings (SSSR count). The minimum atomic E-state index is -0.109. The molecule has 0 aromatic heterocycles. The molecule has 1 aliphatic carbocycles. The van der Waals surface area contributed by atoms with Gasteiger partial charge in [-0.15, -0.1) is 11.6 Å². The molecule has 16 heavy (non-hydrogen) atoms. The van der Waals surface area contributed by atoms with Crippen LogP contribution in [0.5, 0.6) is 0 Å². The molecule has 1 N–H and O–H groups in total. The average Bonchev–Trinajstić information content (AvgIpc) is 2.27. The zero-order valence-electron chi connectivity index (χ0n) is 10.7. The van der Waals surface area contributed by atoms with Crippen molar-refractivity contribution in [2.75, 3.05) is 19.5 Å². The Balaban J connectivity index is 2.25. The summed E-state index contributed by atoms with van der Waals surface area (Å²) in [6.07, 6.45) is 6.77. The first-order chi connectivity index (χ1) is 7.65. The van der Waals surface area contributed by atoms with Crippen LogP contribution in [0.15, 0.2) is 0 Å². The van der Waals surface area contributed by atoms with E-state index in [1.807, 2.05) is 0 Å². The highest BCUT2D eigenvalue weighted by atomic mass is 35.5. The van der Waals surface area contributed by atoms with Crippen molar-refractivity contribution in [1.29, 1.82) is 0 Å². The number of hydrogen-bond acceptors (Lipinski definition) is 2. The largest absolute Gasteiger partial charge is 0.391 e. The van der Waals surface area contributed by atoms with Crippen LogP contribution < -0.4 is 0 Å². The molecule has 3 unspecified atom stereocenters. The lowest BCUT2D eigenvalue weighted by atomic mass is 9.91. The van der Waals surface area contributed by atoms with Crippen molar-refractivity contribution in [2.24, 2.45) is 5.92 Å². The van der Waals surface area contributed by atoms with E-state index in [0.29, 0.717) is 12.0 Å². The summed E-state index contributed by atoms with van der Waals surface area (Å²) in [6.45, 7) is 3.34. The first-order valence-electron chi connectivity index (χ1n) is 6.59. The van der Waals surface area contributed by atoms with Crippen LogP contribution >= 0.6 is 11.6 Å². The molecule has 0 aromatic rings. The Bertz CT molecular complexity index is 189. The van der Waals surface area contributed by atoms with Crippen molar-refractivity contribution >= 4 is 11.6 Å². The Morgan fingerprint density at radius 3 is 2.62 bits per heavy atom. The van der Waals surface area contributed by atoms with Gasteiger partial charge >= 0.3 is 0 Å². The summed E-state index contributed by atoms with van der Waals surface area (Å²) in [4.78, 5) is 2.34. The highest BCUT2D eigenvalue weighted by Crippen LogP contribution is 2.23. The lowest BCUT2D eigenvalue weighted by Gasteiger charge is -2.35. The molecule has 0 bridgehead atoms. The third kappa shape index (κ3) is 4.60. The third-order valence-corrected chi connectivity index (χ3v) is 4.05. The molecular formula is C13H26ClNO. The van der Waals surface area contributed by atoms with Gasteiger partial charge in [0.05, 0.1) is 6.10 Å². The SMILES string of the molecule is CC(CCCl)CCN(C)C1CCCCC1O. The van der Waals surface area contributed by atoms with E-state index in [1.54, 1.807) is 0 Å². The van der Waals surface area contributed by atoms with Crippen LogP contribution in [0, 0.1) is 5.92 Å². The number of alkyl halides is 1. The van der Waals surface area contributed by atoms with E-state index in [0.717, 1.165) is 31.7 Å². The number of rotatable bonds is 6. The second-order valence-electron chi connectivity index (χ2n) is 5.27. The molecule has 3 heteroatoms. The monoisotopic (exact) mass is 247 g/mol. The molecule has 0 aliphatic heterocycles. The first-order valence-corrected chi connectivity index (χ1v) is 7.13.